The third kappa shape index (κ3) is 3.19. The van der Waals surface area contributed by atoms with Gasteiger partial charge in [0.25, 0.3) is 0 Å². The predicted molar refractivity (Wildman–Crippen MR) is 165 cm³/mol. The average Bonchev–Trinajstić information content (AvgIpc) is 3.60. The van der Waals surface area contributed by atoms with Gasteiger partial charge in [-0.2, -0.15) is 0 Å². The standard InChI is InChI=1S/C35H22N6/c1-21-18-22(32-36-26-12-4-2-10-24(26)34-38-28-14-6-8-16-30(28)40(32)34)20-23(19-21)33-37-27-13-5-3-11-25(27)35-39-29-15-7-9-17-31(29)41(33)35/h2-20H,1H3. The number of nitrogens with zero attached hydrogens (tertiary/aromatic N) is 6. The minimum Gasteiger partial charge on any atom is -0.276 e. The Labute approximate surface area is 234 Å². The van der Waals surface area contributed by atoms with Gasteiger partial charge < -0.3 is 0 Å². The van der Waals surface area contributed by atoms with E-state index in [0.717, 1.165) is 83.5 Å². The first-order valence-corrected chi connectivity index (χ1v) is 13.7. The van der Waals surface area contributed by atoms with Crippen LogP contribution < -0.4 is 0 Å². The van der Waals surface area contributed by atoms with Crippen LogP contribution in [0.2, 0.25) is 0 Å². The zero-order valence-electron chi connectivity index (χ0n) is 22.2. The number of benzene rings is 5. The number of hydrogen-bond donors (Lipinski definition) is 0. The Bertz CT molecular complexity index is 2330. The number of fused-ring (bicyclic) bond motifs is 10. The number of imidazole rings is 2. The molecule has 6 nitrogen and oxygen atoms in total. The maximum atomic E-state index is 5.21. The van der Waals surface area contributed by atoms with Crippen molar-refractivity contribution < 1.29 is 0 Å². The number of rotatable bonds is 2. The van der Waals surface area contributed by atoms with Crippen molar-refractivity contribution in [2.24, 2.45) is 0 Å². The predicted octanol–water partition coefficient (Wildman–Crippen LogP) is 8.03. The van der Waals surface area contributed by atoms with Crippen molar-refractivity contribution >= 4 is 55.2 Å². The molecule has 0 radical (unpaired) electrons. The summed E-state index contributed by atoms with van der Waals surface area (Å²) < 4.78 is 4.37. The molecule has 4 aromatic heterocycles. The summed E-state index contributed by atoms with van der Waals surface area (Å²) in [6.45, 7) is 2.13. The van der Waals surface area contributed by atoms with E-state index in [2.05, 4.69) is 94.6 Å². The zero-order valence-corrected chi connectivity index (χ0v) is 22.2. The molecule has 4 heterocycles. The molecule has 0 saturated carbocycles. The Morgan fingerprint density at radius 1 is 0.439 bits per heavy atom. The maximum Gasteiger partial charge on any atom is 0.149 e. The van der Waals surface area contributed by atoms with Gasteiger partial charge in [-0.15, -0.1) is 0 Å². The Morgan fingerprint density at radius 2 is 0.854 bits per heavy atom. The van der Waals surface area contributed by atoms with Gasteiger partial charge in [-0.3, -0.25) is 8.80 Å². The first-order valence-electron chi connectivity index (χ1n) is 13.7. The second-order valence-corrected chi connectivity index (χ2v) is 10.5. The second kappa shape index (κ2) is 8.19. The fourth-order valence-corrected chi connectivity index (χ4v) is 6.12. The van der Waals surface area contributed by atoms with E-state index in [1.54, 1.807) is 0 Å². The lowest BCUT2D eigenvalue weighted by Crippen LogP contribution is -2.01. The molecule has 192 valence electrons. The van der Waals surface area contributed by atoms with Crippen LogP contribution in [-0.4, -0.2) is 28.7 Å². The lowest BCUT2D eigenvalue weighted by atomic mass is 10.0. The Morgan fingerprint density at radius 3 is 1.34 bits per heavy atom. The molecule has 0 unspecified atom stereocenters. The van der Waals surface area contributed by atoms with Crippen LogP contribution in [0.1, 0.15) is 5.56 Å². The molecule has 0 fully saturated rings. The smallest absolute Gasteiger partial charge is 0.149 e. The van der Waals surface area contributed by atoms with Gasteiger partial charge >= 0.3 is 0 Å². The summed E-state index contributed by atoms with van der Waals surface area (Å²) in [6.07, 6.45) is 0. The maximum absolute atomic E-state index is 5.21. The molecule has 0 atom stereocenters. The van der Waals surface area contributed by atoms with Crippen LogP contribution >= 0.6 is 0 Å². The first-order chi connectivity index (χ1) is 20.2. The number of aromatic nitrogens is 6. The van der Waals surface area contributed by atoms with Gasteiger partial charge in [0.05, 0.1) is 33.1 Å². The molecule has 0 amide bonds. The van der Waals surface area contributed by atoms with Gasteiger partial charge in [0.2, 0.25) is 0 Å². The van der Waals surface area contributed by atoms with Crippen LogP contribution in [0.15, 0.2) is 115 Å². The summed E-state index contributed by atoms with van der Waals surface area (Å²) in [5, 5.41) is 2.06. The van der Waals surface area contributed by atoms with E-state index < -0.39 is 0 Å². The average molecular weight is 527 g/mol. The SMILES string of the molecule is Cc1cc(-c2nc3ccccc3c3nc4ccccc4n23)cc(-c2nc3ccccc3c3nc4ccccc4n23)c1. The van der Waals surface area contributed by atoms with Crippen molar-refractivity contribution in [3.63, 3.8) is 0 Å². The molecule has 9 rings (SSSR count). The van der Waals surface area contributed by atoms with Gasteiger partial charge in [0.1, 0.15) is 22.9 Å². The highest BCUT2D eigenvalue weighted by atomic mass is 15.1. The van der Waals surface area contributed by atoms with E-state index >= 15 is 0 Å². The van der Waals surface area contributed by atoms with Crippen LogP contribution in [0.5, 0.6) is 0 Å². The highest BCUT2D eigenvalue weighted by molar-refractivity contribution is 6.00. The largest absolute Gasteiger partial charge is 0.276 e. The van der Waals surface area contributed by atoms with Gasteiger partial charge in [-0.05, 0) is 79.2 Å². The third-order valence-corrected chi connectivity index (χ3v) is 7.88. The summed E-state index contributed by atoms with van der Waals surface area (Å²) in [7, 11) is 0. The number of hydrogen-bond acceptors (Lipinski definition) is 4. The Balaban J connectivity index is 1.39. The van der Waals surface area contributed by atoms with Crippen molar-refractivity contribution in [3.8, 4) is 22.8 Å². The van der Waals surface area contributed by atoms with Gasteiger partial charge in [-0.1, -0.05) is 48.5 Å². The Hall–Kier alpha value is -5.62. The van der Waals surface area contributed by atoms with Gasteiger partial charge in [0.15, 0.2) is 0 Å². The van der Waals surface area contributed by atoms with E-state index in [9.17, 15) is 0 Å². The first kappa shape index (κ1) is 22.2. The second-order valence-electron chi connectivity index (χ2n) is 10.5. The lowest BCUT2D eigenvalue weighted by Gasteiger charge is -2.13. The van der Waals surface area contributed by atoms with Crippen LogP contribution in [0.3, 0.4) is 0 Å². The molecule has 0 saturated heterocycles. The molecule has 6 heteroatoms. The molecule has 0 aliphatic heterocycles. The highest BCUT2D eigenvalue weighted by Gasteiger charge is 2.19. The summed E-state index contributed by atoms with van der Waals surface area (Å²) >= 11 is 0. The van der Waals surface area contributed by atoms with E-state index in [-0.39, 0.29) is 0 Å². The molecule has 0 aliphatic rings. The molecular formula is C35H22N6. The zero-order chi connectivity index (χ0) is 27.1. The molecule has 0 aliphatic carbocycles. The third-order valence-electron chi connectivity index (χ3n) is 7.88. The van der Waals surface area contributed by atoms with Crippen molar-refractivity contribution in [2.75, 3.05) is 0 Å². The molecule has 9 aromatic rings. The monoisotopic (exact) mass is 526 g/mol. The van der Waals surface area contributed by atoms with Crippen molar-refractivity contribution in [1.29, 1.82) is 0 Å². The van der Waals surface area contributed by atoms with E-state index in [1.165, 1.54) is 0 Å². The van der Waals surface area contributed by atoms with Gasteiger partial charge in [-0.25, -0.2) is 19.9 Å². The molecular weight excluding hydrogens is 504 g/mol. The molecule has 0 N–H and O–H groups in total. The summed E-state index contributed by atoms with van der Waals surface area (Å²) in [6, 6.07) is 39.5. The fraction of sp³-hybridized carbons (Fsp3) is 0.0286. The van der Waals surface area contributed by atoms with E-state index in [1.807, 2.05) is 36.4 Å². The van der Waals surface area contributed by atoms with Crippen LogP contribution in [0.4, 0.5) is 0 Å². The fourth-order valence-electron chi connectivity index (χ4n) is 6.12. The topological polar surface area (TPSA) is 60.4 Å². The van der Waals surface area contributed by atoms with Crippen LogP contribution in [0.25, 0.3) is 77.9 Å². The number of aryl methyl sites for hydroxylation is 1. The van der Waals surface area contributed by atoms with E-state index in [4.69, 9.17) is 19.9 Å². The van der Waals surface area contributed by atoms with Crippen LogP contribution in [0, 0.1) is 6.92 Å². The van der Waals surface area contributed by atoms with Gasteiger partial charge in [0, 0.05) is 21.9 Å². The highest BCUT2D eigenvalue weighted by Crippen LogP contribution is 2.34. The summed E-state index contributed by atoms with van der Waals surface area (Å²) in [5.74, 6) is 1.70. The minimum absolute atomic E-state index is 0.852. The normalized spacial score (nSPS) is 12.0. The van der Waals surface area contributed by atoms with Crippen molar-refractivity contribution in [3.05, 3.63) is 121 Å². The minimum atomic E-state index is 0.852. The Kier molecular flexibility index (Phi) is 4.44. The molecule has 5 aromatic carbocycles. The molecule has 41 heavy (non-hydrogen) atoms. The van der Waals surface area contributed by atoms with Crippen molar-refractivity contribution in [2.45, 2.75) is 6.92 Å². The summed E-state index contributed by atoms with van der Waals surface area (Å²) in [5.41, 5.74) is 10.7. The quantitative estimate of drug-likeness (QED) is 0.229. The number of para-hydroxylation sites is 6. The van der Waals surface area contributed by atoms with Crippen LogP contribution in [-0.2, 0) is 0 Å². The molecule has 0 spiro atoms. The molecule has 0 bridgehead atoms. The lowest BCUT2D eigenvalue weighted by molar-refractivity contribution is 1.14. The van der Waals surface area contributed by atoms with Crippen molar-refractivity contribution in [1.82, 2.24) is 28.7 Å². The summed E-state index contributed by atoms with van der Waals surface area (Å²) in [4.78, 5) is 20.5. The van der Waals surface area contributed by atoms with E-state index in [0.29, 0.717) is 0 Å².